The van der Waals surface area contributed by atoms with Gasteiger partial charge in [0.2, 0.25) is 20.0 Å². The van der Waals surface area contributed by atoms with Gasteiger partial charge in [0.1, 0.15) is 0 Å². The lowest BCUT2D eigenvalue weighted by molar-refractivity contribution is 0.579. The molecule has 0 aliphatic carbocycles. The lowest BCUT2D eigenvalue weighted by atomic mass is 10.1. The second kappa shape index (κ2) is 6.76. The summed E-state index contributed by atoms with van der Waals surface area (Å²) in [5, 5.41) is 0. The molecule has 0 radical (unpaired) electrons. The zero-order chi connectivity index (χ0) is 16.3. The third kappa shape index (κ3) is 5.64. The van der Waals surface area contributed by atoms with E-state index < -0.39 is 20.0 Å². The first-order chi connectivity index (χ1) is 9.55. The van der Waals surface area contributed by atoms with E-state index >= 15 is 0 Å². The molecule has 0 saturated carbocycles. The normalized spacial score (nSPS) is 12.4. The summed E-state index contributed by atoms with van der Waals surface area (Å²) in [6.45, 7) is 5.39. The summed E-state index contributed by atoms with van der Waals surface area (Å²) in [5.41, 5.74) is 2.45. The summed E-state index contributed by atoms with van der Waals surface area (Å²) in [7, 11) is -6.81. The predicted octanol–water partition coefficient (Wildman–Crippen LogP) is 1.01. The monoisotopic (exact) mass is 334 g/mol. The van der Waals surface area contributed by atoms with Crippen LogP contribution in [0.4, 0.5) is 5.69 Å². The average molecular weight is 334 g/mol. The molecule has 120 valence electrons. The van der Waals surface area contributed by atoms with Crippen LogP contribution in [0.25, 0.3) is 0 Å². The fourth-order valence-electron chi connectivity index (χ4n) is 1.99. The molecule has 0 fully saturated rings. The van der Waals surface area contributed by atoms with Gasteiger partial charge in [-0.25, -0.2) is 21.6 Å². The number of hydrogen-bond acceptors (Lipinski definition) is 4. The Balaban J connectivity index is 2.98. The summed E-state index contributed by atoms with van der Waals surface area (Å²) in [5.74, 6) is -0.0323. The van der Waals surface area contributed by atoms with Crippen LogP contribution in [0, 0.1) is 13.8 Å². The van der Waals surface area contributed by atoms with E-state index in [-0.39, 0.29) is 18.8 Å². The largest absolute Gasteiger partial charge is 0.269 e. The molecule has 1 aromatic carbocycles. The Morgan fingerprint density at radius 1 is 1.05 bits per heavy atom. The van der Waals surface area contributed by atoms with Crippen LogP contribution in [0.2, 0.25) is 0 Å². The van der Waals surface area contributed by atoms with Crippen molar-refractivity contribution in [1.29, 1.82) is 0 Å². The number of hydrogen-bond donors (Lipinski definition) is 1. The molecule has 0 saturated heterocycles. The van der Waals surface area contributed by atoms with Crippen LogP contribution in [-0.2, 0) is 20.0 Å². The molecule has 21 heavy (non-hydrogen) atoms. The number of nitrogens with one attached hydrogen (secondary N) is 1. The van der Waals surface area contributed by atoms with Gasteiger partial charge in [-0.1, -0.05) is 6.07 Å². The summed E-state index contributed by atoms with van der Waals surface area (Å²) >= 11 is 0. The lowest BCUT2D eigenvalue weighted by Crippen LogP contribution is -2.38. The van der Waals surface area contributed by atoms with Gasteiger partial charge in [0, 0.05) is 13.1 Å². The van der Waals surface area contributed by atoms with Crippen LogP contribution in [0.1, 0.15) is 18.1 Å². The molecule has 0 aliphatic rings. The minimum atomic E-state index is -3.48. The molecule has 0 heterocycles. The Bertz CT molecular complexity index is 677. The molecule has 1 rings (SSSR count). The SMILES string of the molecule is CCS(=O)(=O)NCCN(c1cc(C)cc(C)c1)S(C)(=O)=O. The molecular weight excluding hydrogens is 312 g/mol. The van der Waals surface area contributed by atoms with Crippen molar-refractivity contribution < 1.29 is 16.8 Å². The van der Waals surface area contributed by atoms with Crippen molar-refractivity contribution in [3.8, 4) is 0 Å². The molecule has 0 aliphatic heterocycles. The van der Waals surface area contributed by atoms with Gasteiger partial charge in [-0.3, -0.25) is 4.31 Å². The van der Waals surface area contributed by atoms with Gasteiger partial charge in [-0.2, -0.15) is 0 Å². The van der Waals surface area contributed by atoms with Gasteiger partial charge in [-0.15, -0.1) is 0 Å². The number of sulfonamides is 2. The standard InChI is InChI=1S/C13H22N2O4S2/c1-5-21(18,19)14-6-7-15(20(4,16)17)13-9-11(2)8-12(3)10-13/h8-10,14H,5-7H2,1-4H3. The van der Waals surface area contributed by atoms with Crippen LogP contribution in [0.15, 0.2) is 18.2 Å². The minimum absolute atomic E-state index is 0.0323. The van der Waals surface area contributed by atoms with Crippen molar-refractivity contribution in [1.82, 2.24) is 4.72 Å². The zero-order valence-electron chi connectivity index (χ0n) is 12.8. The number of nitrogens with zero attached hydrogens (tertiary/aromatic N) is 1. The van der Waals surface area contributed by atoms with E-state index in [1.54, 1.807) is 12.1 Å². The highest BCUT2D eigenvalue weighted by molar-refractivity contribution is 7.92. The maximum Gasteiger partial charge on any atom is 0.232 e. The molecule has 1 aromatic rings. The summed E-state index contributed by atoms with van der Waals surface area (Å²) in [6.07, 6.45) is 1.11. The predicted molar refractivity (Wildman–Crippen MR) is 85.6 cm³/mol. The molecule has 1 N–H and O–H groups in total. The van der Waals surface area contributed by atoms with E-state index in [2.05, 4.69) is 4.72 Å². The number of rotatable bonds is 7. The Kier molecular flexibility index (Phi) is 5.77. The smallest absolute Gasteiger partial charge is 0.232 e. The second-order valence-electron chi connectivity index (χ2n) is 4.98. The number of aryl methyl sites for hydroxylation is 2. The summed E-state index contributed by atoms with van der Waals surface area (Å²) < 4.78 is 50.2. The highest BCUT2D eigenvalue weighted by atomic mass is 32.2. The van der Waals surface area contributed by atoms with Crippen molar-refractivity contribution in [2.24, 2.45) is 0 Å². The molecule has 0 spiro atoms. The Morgan fingerprint density at radius 2 is 1.57 bits per heavy atom. The van der Waals surface area contributed by atoms with Crippen LogP contribution >= 0.6 is 0 Å². The lowest BCUT2D eigenvalue weighted by Gasteiger charge is -2.23. The number of anilines is 1. The third-order valence-electron chi connectivity index (χ3n) is 2.91. The molecule has 8 heteroatoms. The van der Waals surface area contributed by atoms with Crippen molar-refractivity contribution in [3.63, 3.8) is 0 Å². The van der Waals surface area contributed by atoms with Crippen LogP contribution in [0.3, 0.4) is 0 Å². The fraction of sp³-hybridized carbons (Fsp3) is 0.538. The van der Waals surface area contributed by atoms with Crippen LogP contribution in [0.5, 0.6) is 0 Å². The Labute approximate surface area is 127 Å². The number of benzene rings is 1. The summed E-state index contributed by atoms with van der Waals surface area (Å²) in [6, 6.07) is 5.48. The fourth-order valence-corrected chi connectivity index (χ4v) is 3.50. The molecule has 0 bridgehead atoms. The van der Waals surface area contributed by atoms with Gasteiger partial charge in [0.05, 0.1) is 17.7 Å². The first-order valence-corrected chi connectivity index (χ1v) is 10.1. The first-order valence-electron chi connectivity index (χ1n) is 6.58. The maximum atomic E-state index is 11.9. The molecule has 0 unspecified atom stereocenters. The highest BCUT2D eigenvalue weighted by Crippen LogP contribution is 2.20. The second-order valence-corrected chi connectivity index (χ2v) is 8.98. The highest BCUT2D eigenvalue weighted by Gasteiger charge is 2.18. The quantitative estimate of drug-likeness (QED) is 0.806. The maximum absolute atomic E-state index is 11.9. The average Bonchev–Trinajstić information content (AvgIpc) is 2.31. The van der Waals surface area contributed by atoms with E-state index in [0.29, 0.717) is 5.69 Å². The van der Waals surface area contributed by atoms with Gasteiger partial charge in [0.25, 0.3) is 0 Å². The summed E-state index contributed by atoms with van der Waals surface area (Å²) in [4.78, 5) is 0. The zero-order valence-corrected chi connectivity index (χ0v) is 14.4. The molecule has 0 amide bonds. The van der Waals surface area contributed by atoms with Crippen LogP contribution in [-0.4, -0.2) is 41.9 Å². The van der Waals surface area contributed by atoms with E-state index in [0.717, 1.165) is 17.4 Å². The van der Waals surface area contributed by atoms with Crippen molar-refractivity contribution >= 4 is 25.7 Å². The van der Waals surface area contributed by atoms with Gasteiger partial charge >= 0.3 is 0 Å². The van der Waals surface area contributed by atoms with Gasteiger partial charge < -0.3 is 0 Å². The Morgan fingerprint density at radius 3 is 2.00 bits per heavy atom. The van der Waals surface area contributed by atoms with E-state index in [1.165, 1.54) is 11.2 Å². The van der Waals surface area contributed by atoms with E-state index in [9.17, 15) is 16.8 Å². The van der Waals surface area contributed by atoms with Crippen molar-refractivity contribution in [3.05, 3.63) is 29.3 Å². The topological polar surface area (TPSA) is 83.6 Å². The van der Waals surface area contributed by atoms with Gasteiger partial charge in [0.15, 0.2) is 0 Å². The minimum Gasteiger partial charge on any atom is -0.269 e. The molecule has 0 aromatic heterocycles. The molecular formula is C13H22N2O4S2. The first kappa shape index (κ1) is 17.9. The van der Waals surface area contributed by atoms with E-state index in [1.807, 2.05) is 19.9 Å². The van der Waals surface area contributed by atoms with Gasteiger partial charge in [-0.05, 0) is 44.0 Å². The third-order valence-corrected chi connectivity index (χ3v) is 5.51. The van der Waals surface area contributed by atoms with Crippen molar-refractivity contribution in [2.75, 3.05) is 29.4 Å². The Hall–Kier alpha value is -1.12. The van der Waals surface area contributed by atoms with E-state index in [4.69, 9.17) is 0 Å². The van der Waals surface area contributed by atoms with Crippen molar-refractivity contribution in [2.45, 2.75) is 20.8 Å². The molecule has 0 atom stereocenters. The molecule has 6 nitrogen and oxygen atoms in total. The van der Waals surface area contributed by atoms with Crippen LogP contribution < -0.4 is 9.03 Å².